The van der Waals surface area contributed by atoms with Crippen molar-refractivity contribution in [3.8, 4) is 5.75 Å². The number of fused-ring (bicyclic) bond motifs is 1. The molecule has 2 aromatic carbocycles. The van der Waals surface area contributed by atoms with Crippen molar-refractivity contribution >= 4 is 47.7 Å². The number of carbonyl (C=O) groups excluding carboxylic acids is 2. The second-order valence-electron chi connectivity index (χ2n) is 11.7. The summed E-state index contributed by atoms with van der Waals surface area (Å²) >= 11 is 0. The fourth-order valence-electron chi connectivity index (χ4n) is 3.16. The lowest BCUT2D eigenvalue weighted by Gasteiger charge is -2.36. The third-order valence-electron chi connectivity index (χ3n) is 6.11. The zero-order valence-electron chi connectivity index (χ0n) is 23.0. The van der Waals surface area contributed by atoms with Crippen LogP contribution in [0.4, 0.5) is 10.5 Å². The van der Waals surface area contributed by atoms with Crippen LogP contribution in [0.3, 0.4) is 0 Å². The van der Waals surface area contributed by atoms with Crippen molar-refractivity contribution in [2.75, 3.05) is 23.6 Å². The smallest absolute Gasteiger partial charge is 0.408 e. The van der Waals surface area contributed by atoms with Crippen LogP contribution >= 0.6 is 0 Å². The van der Waals surface area contributed by atoms with E-state index in [2.05, 4.69) is 57.0 Å². The molecule has 0 fully saturated rings. The summed E-state index contributed by atoms with van der Waals surface area (Å²) in [5.41, 5.74) is 0.0531. The van der Waals surface area contributed by atoms with Crippen molar-refractivity contribution in [2.45, 2.75) is 77.7 Å². The fourth-order valence-corrected chi connectivity index (χ4v) is 4.89. The Balaban J connectivity index is 2.31. The first-order chi connectivity index (χ1) is 16.0. The van der Waals surface area contributed by atoms with Gasteiger partial charge in [-0.2, -0.15) is 0 Å². The molecule has 0 spiro atoms. The van der Waals surface area contributed by atoms with Crippen LogP contribution in [0.25, 0.3) is 10.8 Å². The van der Waals surface area contributed by atoms with Crippen LogP contribution in [-0.2, 0) is 20.4 Å². The Kier molecular flexibility index (Phi) is 9.33. The highest BCUT2D eigenvalue weighted by Gasteiger charge is 2.39. The van der Waals surface area contributed by atoms with Crippen molar-refractivity contribution in [2.24, 2.45) is 0 Å². The van der Waals surface area contributed by atoms with E-state index in [1.54, 1.807) is 20.8 Å². The van der Waals surface area contributed by atoms with E-state index in [0.29, 0.717) is 12.1 Å². The van der Waals surface area contributed by atoms with Gasteiger partial charge in [-0.3, -0.25) is 4.79 Å². The molecule has 0 aliphatic rings. The minimum atomic E-state index is -2.01. The van der Waals surface area contributed by atoms with Gasteiger partial charge in [0.1, 0.15) is 23.1 Å². The van der Waals surface area contributed by atoms with Gasteiger partial charge in [-0.1, -0.05) is 39.0 Å². The standard InChI is InChI=1S/C27H42N2O4SSi/c1-26(2,3)32-25(31)29-23(16-17-34(7)8)24(30)28-22-13-11-12-19-14-15-20(18-21(19)22)33-35(9,10)27(4,5)6/h11-15,18,23H,16-17H2,1-10H3,(H-,28,29,30,31)/p+1/t23-/m0/s1. The minimum Gasteiger partial charge on any atom is -0.543 e. The van der Waals surface area contributed by atoms with E-state index in [4.69, 9.17) is 9.16 Å². The molecule has 0 aliphatic heterocycles. The maximum absolute atomic E-state index is 13.3. The van der Waals surface area contributed by atoms with Crippen LogP contribution in [-0.4, -0.2) is 50.2 Å². The van der Waals surface area contributed by atoms with E-state index in [1.165, 1.54) is 0 Å². The third-order valence-corrected chi connectivity index (χ3v) is 11.5. The lowest BCUT2D eigenvalue weighted by molar-refractivity contribution is -0.118. The summed E-state index contributed by atoms with van der Waals surface area (Å²) in [5, 5.41) is 7.80. The first-order valence-electron chi connectivity index (χ1n) is 12.0. The molecule has 0 bridgehead atoms. The molecule has 2 N–H and O–H groups in total. The van der Waals surface area contributed by atoms with Crippen LogP contribution in [0.15, 0.2) is 36.4 Å². The number of carbonyl (C=O) groups is 2. The molecule has 1 atom stereocenters. The van der Waals surface area contributed by atoms with E-state index in [9.17, 15) is 9.59 Å². The molecule has 35 heavy (non-hydrogen) atoms. The first kappa shape index (κ1) is 29.0. The molecule has 0 aliphatic carbocycles. The lowest BCUT2D eigenvalue weighted by atomic mass is 10.1. The first-order valence-corrected chi connectivity index (χ1v) is 17.2. The molecule has 194 valence electrons. The predicted molar refractivity (Wildman–Crippen MR) is 152 cm³/mol. The zero-order valence-corrected chi connectivity index (χ0v) is 24.8. The van der Waals surface area contributed by atoms with Gasteiger partial charge in [0.2, 0.25) is 14.2 Å². The summed E-state index contributed by atoms with van der Waals surface area (Å²) < 4.78 is 11.9. The van der Waals surface area contributed by atoms with E-state index in [0.717, 1.165) is 22.3 Å². The van der Waals surface area contributed by atoms with Crippen molar-refractivity contribution in [3.05, 3.63) is 36.4 Å². The zero-order chi connectivity index (χ0) is 26.6. The largest absolute Gasteiger partial charge is 0.543 e. The highest BCUT2D eigenvalue weighted by molar-refractivity contribution is 7.95. The molecule has 8 heteroatoms. The maximum Gasteiger partial charge on any atom is 0.408 e. The highest BCUT2D eigenvalue weighted by Crippen LogP contribution is 2.38. The molecule has 0 unspecified atom stereocenters. The molecule has 2 amide bonds. The third kappa shape index (κ3) is 8.76. The van der Waals surface area contributed by atoms with Crippen molar-refractivity contribution in [3.63, 3.8) is 0 Å². The normalized spacial score (nSPS) is 13.5. The van der Waals surface area contributed by atoms with Gasteiger partial charge in [-0.15, -0.1) is 0 Å². The molecule has 0 radical (unpaired) electrons. The average Bonchev–Trinajstić information content (AvgIpc) is 2.68. The molecule has 2 aromatic rings. The van der Waals surface area contributed by atoms with Gasteiger partial charge >= 0.3 is 6.09 Å². The number of rotatable bonds is 8. The molecular weight excluding hydrogens is 476 g/mol. The second kappa shape index (κ2) is 11.2. The van der Waals surface area contributed by atoms with E-state index in [-0.39, 0.29) is 21.8 Å². The van der Waals surface area contributed by atoms with Crippen LogP contribution in [0.1, 0.15) is 48.0 Å². The highest BCUT2D eigenvalue weighted by atomic mass is 32.2. The Bertz CT molecular complexity index is 1040. The lowest BCUT2D eigenvalue weighted by Crippen LogP contribution is -2.46. The number of benzene rings is 2. The molecular formula is C27H43N2O4SSi+. The van der Waals surface area contributed by atoms with Crippen LogP contribution in [0, 0.1) is 0 Å². The summed E-state index contributed by atoms with van der Waals surface area (Å²) in [4.78, 5) is 25.7. The van der Waals surface area contributed by atoms with Gasteiger partial charge in [-0.25, -0.2) is 4.79 Å². The fraction of sp³-hybridized carbons (Fsp3) is 0.556. The summed E-state index contributed by atoms with van der Waals surface area (Å²) in [7, 11) is -1.87. The van der Waals surface area contributed by atoms with Gasteiger partial charge in [-0.05, 0) is 73.4 Å². The van der Waals surface area contributed by atoms with Crippen LogP contribution < -0.4 is 15.1 Å². The van der Waals surface area contributed by atoms with Gasteiger partial charge < -0.3 is 19.8 Å². The number of ether oxygens (including phenoxy) is 1. The average molecular weight is 520 g/mol. The monoisotopic (exact) mass is 519 g/mol. The summed E-state index contributed by atoms with van der Waals surface area (Å²) in [6.07, 6.45) is 4.19. The number of hydrogen-bond donors (Lipinski definition) is 2. The quantitative estimate of drug-likeness (QED) is 0.316. The maximum atomic E-state index is 13.3. The number of hydrogen-bond acceptors (Lipinski definition) is 4. The number of anilines is 1. The number of nitrogens with one attached hydrogen (secondary N) is 2. The predicted octanol–water partition coefficient (Wildman–Crippen LogP) is 6.32. The minimum absolute atomic E-state index is 0.0767. The van der Waals surface area contributed by atoms with Crippen molar-refractivity contribution in [1.82, 2.24) is 5.32 Å². The SMILES string of the molecule is C[S+](C)CC[C@H](NC(=O)OC(C)(C)C)C(=O)Nc1cccc2ccc(O[Si](C)(C)C(C)(C)C)cc12. The Labute approximate surface area is 215 Å². The Morgan fingerprint density at radius 1 is 1.03 bits per heavy atom. The van der Waals surface area contributed by atoms with Crippen LogP contribution in [0.2, 0.25) is 18.1 Å². The van der Waals surface area contributed by atoms with Gasteiger partial charge in [0.05, 0.1) is 12.5 Å². The Morgan fingerprint density at radius 2 is 1.69 bits per heavy atom. The van der Waals surface area contributed by atoms with Gasteiger partial charge in [0.15, 0.2) is 0 Å². The molecule has 0 saturated carbocycles. The van der Waals surface area contributed by atoms with Crippen LogP contribution in [0.5, 0.6) is 5.75 Å². The molecule has 0 saturated heterocycles. The van der Waals surface area contributed by atoms with E-state index < -0.39 is 26.1 Å². The Morgan fingerprint density at radius 3 is 2.26 bits per heavy atom. The number of amides is 2. The van der Waals surface area contributed by atoms with Gasteiger partial charge in [0, 0.05) is 17.5 Å². The van der Waals surface area contributed by atoms with Crippen molar-refractivity contribution in [1.29, 1.82) is 0 Å². The molecule has 0 aromatic heterocycles. The van der Waals surface area contributed by atoms with Gasteiger partial charge in [0.25, 0.3) is 0 Å². The summed E-state index contributed by atoms with van der Waals surface area (Å²) in [6.45, 7) is 16.5. The Hall–Kier alpha value is -2.19. The van der Waals surface area contributed by atoms with E-state index >= 15 is 0 Å². The topological polar surface area (TPSA) is 76.7 Å². The summed E-state index contributed by atoms with van der Waals surface area (Å²) in [5.74, 6) is 1.37. The molecule has 6 nitrogen and oxygen atoms in total. The summed E-state index contributed by atoms with van der Waals surface area (Å²) in [6, 6.07) is 11.1. The van der Waals surface area contributed by atoms with Crippen molar-refractivity contribution < 1.29 is 18.8 Å². The van der Waals surface area contributed by atoms with E-state index in [1.807, 2.05) is 36.4 Å². The molecule has 0 heterocycles. The number of alkyl carbamates (subject to hydrolysis) is 1. The molecule has 2 rings (SSSR count). The second-order valence-corrected chi connectivity index (χ2v) is 18.8.